The molecule has 19 heavy (non-hydrogen) atoms. The molecule has 2 atom stereocenters. The zero-order valence-electron chi connectivity index (χ0n) is 11.9. The van der Waals surface area contributed by atoms with Crippen molar-refractivity contribution in [3.8, 4) is 0 Å². The Hall–Kier alpha value is -1.16. The first kappa shape index (κ1) is 14.3. The third-order valence-electron chi connectivity index (χ3n) is 3.76. The minimum absolute atomic E-state index is 0.0782. The number of amides is 1. The van der Waals surface area contributed by atoms with Crippen LogP contribution in [-0.4, -0.2) is 33.9 Å². The Bertz CT molecular complexity index is 480. The van der Waals surface area contributed by atoms with Crippen LogP contribution in [0.1, 0.15) is 49.9 Å². The zero-order valence-corrected chi connectivity index (χ0v) is 12.6. The van der Waals surface area contributed by atoms with Gasteiger partial charge in [-0.05, 0) is 11.8 Å². The molecule has 0 aromatic carbocycles. The molecule has 0 aliphatic carbocycles. The van der Waals surface area contributed by atoms with Gasteiger partial charge in [0.1, 0.15) is 5.82 Å². The molecule has 0 N–H and O–H groups in total. The first-order valence-electron chi connectivity index (χ1n) is 6.71. The second-order valence-electron chi connectivity index (χ2n) is 5.74. The summed E-state index contributed by atoms with van der Waals surface area (Å²) in [6, 6.07) is 0. The lowest BCUT2D eigenvalue weighted by Crippen LogP contribution is -2.30. The lowest BCUT2D eigenvalue weighted by Gasteiger charge is -2.17. The average molecular weight is 282 g/mol. The van der Waals surface area contributed by atoms with E-state index in [2.05, 4.69) is 23.8 Å². The average Bonchev–Trinajstić information content (AvgIpc) is 2.69. The van der Waals surface area contributed by atoms with Crippen molar-refractivity contribution >= 4 is 17.5 Å². The summed E-state index contributed by atoms with van der Waals surface area (Å²) in [7, 11) is 0. The van der Waals surface area contributed by atoms with Crippen LogP contribution in [0.15, 0.2) is 6.20 Å². The minimum atomic E-state index is -0.0782. The van der Waals surface area contributed by atoms with E-state index in [4.69, 9.17) is 11.6 Å². The van der Waals surface area contributed by atoms with Crippen LogP contribution in [0.25, 0.3) is 0 Å². The largest absolute Gasteiger partial charge is 0.337 e. The molecule has 104 valence electrons. The van der Waals surface area contributed by atoms with Crippen molar-refractivity contribution in [3.05, 3.63) is 22.7 Å². The number of aromatic nitrogens is 2. The van der Waals surface area contributed by atoms with Gasteiger partial charge in [-0.25, -0.2) is 9.97 Å². The van der Waals surface area contributed by atoms with E-state index >= 15 is 0 Å². The number of nitrogens with zero attached hydrogens (tertiary/aromatic N) is 3. The molecule has 1 saturated heterocycles. The highest BCUT2D eigenvalue weighted by Gasteiger charge is 2.31. The molecule has 0 saturated carbocycles. The fourth-order valence-electron chi connectivity index (χ4n) is 2.25. The smallest absolute Gasteiger partial charge is 0.274 e. The molecule has 1 amide bonds. The Morgan fingerprint density at radius 3 is 2.47 bits per heavy atom. The normalized spacial score (nSPS) is 23.2. The van der Waals surface area contributed by atoms with E-state index in [-0.39, 0.29) is 11.8 Å². The summed E-state index contributed by atoms with van der Waals surface area (Å²) < 4.78 is 0. The molecule has 1 fully saturated rings. The number of likely N-dealkylation sites (tertiary alicyclic amines) is 1. The van der Waals surface area contributed by atoms with Crippen LogP contribution in [0.3, 0.4) is 0 Å². The van der Waals surface area contributed by atoms with Gasteiger partial charge in [0, 0.05) is 19.0 Å². The number of rotatable bonds is 2. The maximum Gasteiger partial charge on any atom is 0.274 e. The van der Waals surface area contributed by atoms with Crippen molar-refractivity contribution in [3.63, 3.8) is 0 Å². The summed E-state index contributed by atoms with van der Waals surface area (Å²) in [6.07, 6.45) is 1.53. The number of carbonyl (C=O) groups excluding carboxylic acids is 1. The molecule has 1 aliphatic rings. The van der Waals surface area contributed by atoms with Gasteiger partial charge >= 0.3 is 0 Å². The highest BCUT2D eigenvalue weighted by Crippen LogP contribution is 2.25. The van der Waals surface area contributed by atoms with Crippen LogP contribution in [0, 0.1) is 11.8 Å². The first-order valence-corrected chi connectivity index (χ1v) is 7.09. The highest BCUT2D eigenvalue weighted by atomic mass is 35.5. The van der Waals surface area contributed by atoms with E-state index in [1.807, 2.05) is 18.7 Å². The zero-order chi connectivity index (χ0) is 14.2. The van der Waals surface area contributed by atoms with Crippen molar-refractivity contribution in [2.24, 2.45) is 11.8 Å². The summed E-state index contributed by atoms with van der Waals surface area (Å²) in [5, 5.41) is 0.335. The van der Waals surface area contributed by atoms with Crippen molar-refractivity contribution in [1.82, 2.24) is 14.9 Å². The van der Waals surface area contributed by atoms with E-state index in [0.717, 1.165) is 13.1 Å². The van der Waals surface area contributed by atoms with Gasteiger partial charge in [0.2, 0.25) is 0 Å². The lowest BCUT2D eigenvalue weighted by atomic mass is 10.0. The third-order valence-corrected chi connectivity index (χ3v) is 4.03. The molecule has 1 aromatic rings. The quantitative estimate of drug-likeness (QED) is 0.837. The van der Waals surface area contributed by atoms with E-state index in [9.17, 15) is 4.79 Å². The summed E-state index contributed by atoms with van der Waals surface area (Å²) in [5.74, 6) is 1.81. The summed E-state index contributed by atoms with van der Waals surface area (Å²) in [5.41, 5.74) is 0.335. The highest BCUT2D eigenvalue weighted by molar-refractivity contribution is 6.33. The molecule has 5 heteroatoms. The Kier molecular flexibility index (Phi) is 4.09. The predicted molar refractivity (Wildman–Crippen MR) is 75.4 cm³/mol. The number of hydrogen-bond donors (Lipinski definition) is 0. The van der Waals surface area contributed by atoms with E-state index in [1.165, 1.54) is 6.20 Å². The van der Waals surface area contributed by atoms with Gasteiger partial charge in [0.05, 0.1) is 11.2 Å². The molecule has 2 unspecified atom stereocenters. The van der Waals surface area contributed by atoms with E-state index in [1.54, 1.807) is 0 Å². The van der Waals surface area contributed by atoms with Crippen molar-refractivity contribution in [1.29, 1.82) is 0 Å². The molecule has 1 aliphatic heterocycles. The van der Waals surface area contributed by atoms with Gasteiger partial charge < -0.3 is 4.90 Å². The maximum atomic E-state index is 12.5. The van der Waals surface area contributed by atoms with Crippen LogP contribution in [0.5, 0.6) is 0 Å². The van der Waals surface area contributed by atoms with Crippen molar-refractivity contribution < 1.29 is 4.79 Å². The summed E-state index contributed by atoms with van der Waals surface area (Å²) >= 11 is 6.07. The van der Waals surface area contributed by atoms with Crippen LogP contribution in [0.2, 0.25) is 5.02 Å². The predicted octanol–water partition coefficient (Wildman–Crippen LogP) is 2.98. The molecule has 2 heterocycles. The SMILES string of the molecule is CC(C)c1ncc(Cl)c(C(=O)N2CC(C)C(C)C2)n1. The molecular weight excluding hydrogens is 262 g/mol. The summed E-state index contributed by atoms with van der Waals surface area (Å²) in [6.45, 7) is 9.88. The fourth-order valence-corrected chi connectivity index (χ4v) is 2.43. The second kappa shape index (κ2) is 5.45. The molecule has 2 rings (SSSR count). The Balaban J connectivity index is 2.26. The van der Waals surface area contributed by atoms with Gasteiger partial charge in [0.25, 0.3) is 5.91 Å². The van der Waals surface area contributed by atoms with Gasteiger partial charge in [0.15, 0.2) is 5.69 Å². The Morgan fingerprint density at radius 1 is 1.37 bits per heavy atom. The Morgan fingerprint density at radius 2 is 1.95 bits per heavy atom. The van der Waals surface area contributed by atoms with Crippen LogP contribution >= 0.6 is 11.6 Å². The van der Waals surface area contributed by atoms with Gasteiger partial charge in [-0.1, -0.05) is 39.3 Å². The van der Waals surface area contributed by atoms with Gasteiger partial charge in [-0.15, -0.1) is 0 Å². The maximum absolute atomic E-state index is 12.5. The molecule has 0 spiro atoms. The Labute approximate surface area is 119 Å². The van der Waals surface area contributed by atoms with E-state index in [0.29, 0.717) is 28.4 Å². The van der Waals surface area contributed by atoms with Crippen LogP contribution in [-0.2, 0) is 0 Å². The number of halogens is 1. The van der Waals surface area contributed by atoms with Crippen molar-refractivity contribution in [2.75, 3.05) is 13.1 Å². The molecule has 0 radical (unpaired) electrons. The van der Waals surface area contributed by atoms with Crippen LogP contribution < -0.4 is 0 Å². The molecule has 4 nitrogen and oxygen atoms in total. The fraction of sp³-hybridized carbons (Fsp3) is 0.643. The van der Waals surface area contributed by atoms with Gasteiger partial charge in [-0.3, -0.25) is 4.79 Å². The van der Waals surface area contributed by atoms with Gasteiger partial charge in [-0.2, -0.15) is 0 Å². The number of hydrogen-bond acceptors (Lipinski definition) is 3. The second-order valence-corrected chi connectivity index (χ2v) is 6.15. The van der Waals surface area contributed by atoms with Crippen LogP contribution in [0.4, 0.5) is 0 Å². The molecule has 1 aromatic heterocycles. The first-order chi connectivity index (χ1) is 8.90. The van der Waals surface area contributed by atoms with E-state index < -0.39 is 0 Å². The lowest BCUT2D eigenvalue weighted by molar-refractivity contribution is 0.0779. The molecule has 0 bridgehead atoms. The summed E-state index contributed by atoms with van der Waals surface area (Å²) in [4.78, 5) is 22.8. The number of carbonyl (C=O) groups is 1. The minimum Gasteiger partial charge on any atom is -0.337 e. The standard InChI is InChI=1S/C14H20ClN3O/c1-8(2)13-16-5-11(15)12(17-13)14(19)18-6-9(3)10(4)7-18/h5,8-10H,6-7H2,1-4H3. The molecular formula is C14H20ClN3O. The van der Waals surface area contributed by atoms with Crippen molar-refractivity contribution in [2.45, 2.75) is 33.6 Å². The monoisotopic (exact) mass is 281 g/mol. The topological polar surface area (TPSA) is 46.1 Å². The third kappa shape index (κ3) is 2.89.